The van der Waals surface area contributed by atoms with Gasteiger partial charge in [0.25, 0.3) is 0 Å². The number of benzene rings is 4. The van der Waals surface area contributed by atoms with Crippen molar-refractivity contribution in [3.05, 3.63) is 94.0 Å². The summed E-state index contributed by atoms with van der Waals surface area (Å²) >= 11 is 0. The van der Waals surface area contributed by atoms with Gasteiger partial charge in [0.1, 0.15) is 5.75 Å². The van der Waals surface area contributed by atoms with Crippen molar-refractivity contribution in [3.8, 4) is 46.0 Å². The number of likely N-dealkylation sites (N-methyl/N-ethyl adjacent to an activating group) is 2. The van der Waals surface area contributed by atoms with E-state index in [1.165, 1.54) is 16.7 Å². The van der Waals surface area contributed by atoms with Crippen LogP contribution in [0.25, 0.3) is 0 Å². The molecule has 4 aromatic rings. The Balaban J connectivity index is 1.48. The first-order valence-corrected chi connectivity index (χ1v) is 17.5. The molecule has 9 nitrogen and oxygen atoms in total. The number of hydrogen-bond acceptors (Lipinski definition) is 9. The molecule has 0 aromatic heterocycles. The number of hydrogen-bond donors (Lipinski definition) is 0. The molecule has 0 spiro atoms. The van der Waals surface area contributed by atoms with Gasteiger partial charge in [-0.15, -0.1) is 0 Å². The number of methoxy groups -OCH3 is 3. The third kappa shape index (κ3) is 6.48. The summed E-state index contributed by atoms with van der Waals surface area (Å²) in [5, 5.41) is 0. The lowest BCUT2D eigenvalue weighted by Gasteiger charge is -2.37. The van der Waals surface area contributed by atoms with Gasteiger partial charge in [-0.2, -0.15) is 0 Å². The summed E-state index contributed by atoms with van der Waals surface area (Å²) in [6, 6.07) is 20.6. The standard InChI is InChI=1S/C41H46N2O7/c1-7-8-38(44)50-40-37(47-6)23-28-16-18-43(3)32-20-26-11-14-33(45-4)35(21-26)48-29-12-9-25(10-13-29)19-31-30-24-36(49-41(40)39(28)32)34(46-5)22-27(30)15-17-42(31)2/h9-14,21-24,31-32H,7-8,15-20H2,1-6H3/t31-,32-/m0/s1. The fourth-order valence-electron chi connectivity index (χ4n) is 7.55. The summed E-state index contributed by atoms with van der Waals surface area (Å²) in [4.78, 5) is 17.9. The molecule has 0 aliphatic carbocycles. The lowest BCUT2D eigenvalue weighted by atomic mass is 9.87. The monoisotopic (exact) mass is 678 g/mol. The minimum absolute atomic E-state index is 0.106. The van der Waals surface area contributed by atoms with E-state index >= 15 is 0 Å². The topological polar surface area (TPSA) is 78.9 Å². The fourth-order valence-corrected chi connectivity index (χ4v) is 7.55. The molecular formula is C41H46N2O7. The Morgan fingerprint density at radius 3 is 2.10 bits per heavy atom. The third-order valence-corrected chi connectivity index (χ3v) is 10.3. The van der Waals surface area contributed by atoms with Crippen molar-refractivity contribution < 1.29 is 33.2 Å². The van der Waals surface area contributed by atoms with E-state index in [1.54, 1.807) is 21.3 Å². The molecule has 0 fully saturated rings. The molecule has 4 aromatic carbocycles. The minimum atomic E-state index is -0.340. The van der Waals surface area contributed by atoms with E-state index in [9.17, 15) is 4.79 Å². The molecule has 4 aliphatic rings. The lowest BCUT2D eigenvalue weighted by molar-refractivity contribution is -0.134. The SMILES string of the molecule is CCCC(=O)Oc1c(OC)cc2c3c1Oc1cc4c(cc1OC)CCN(C)[C@H]4Cc1ccc(cc1)Oc1cc(ccc1OC)C[C@@H]3N(C)CC2. The summed E-state index contributed by atoms with van der Waals surface area (Å²) in [6.45, 7) is 3.71. The summed E-state index contributed by atoms with van der Waals surface area (Å²) in [7, 11) is 9.23. The Labute approximate surface area is 294 Å². The molecule has 2 atom stereocenters. The Morgan fingerprint density at radius 2 is 1.38 bits per heavy atom. The van der Waals surface area contributed by atoms with Gasteiger partial charge in [-0.3, -0.25) is 14.6 Å². The maximum Gasteiger partial charge on any atom is 0.311 e. The van der Waals surface area contributed by atoms with Crippen molar-refractivity contribution >= 4 is 5.97 Å². The fraction of sp³-hybridized carbons (Fsp3) is 0.390. The van der Waals surface area contributed by atoms with E-state index < -0.39 is 0 Å². The largest absolute Gasteiger partial charge is 0.493 e. The number of carbonyl (C=O) groups excluding carboxylic acids is 1. The van der Waals surface area contributed by atoms with Crippen molar-refractivity contribution in [2.24, 2.45) is 0 Å². The molecular weight excluding hydrogens is 632 g/mol. The molecule has 0 unspecified atom stereocenters. The number of esters is 1. The molecule has 0 radical (unpaired) electrons. The predicted molar refractivity (Wildman–Crippen MR) is 192 cm³/mol. The highest BCUT2D eigenvalue weighted by Crippen LogP contribution is 2.52. The Bertz CT molecular complexity index is 1890. The zero-order valence-corrected chi connectivity index (χ0v) is 29.8. The highest BCUT2D eigenvalue weighted by molar-refractivity contribution is 5.76. The Hall–Kier alpha value is -4.73. The van der Waals surface area contributed by atoms with Gasteiger partial charge in [-0.1, -0.05) is 25.1 Å². The number of ether oxygens (including phenoxy) is 6. The maximum absolute atomic E-state index is 13.2. The van der Waals surface area contributed by atoms with Crippen molar-refractivity contribution in [2.75, 3.05) is 48.5 Å². The van der Waals surface area contributed by atoms with Gasteiger partial charge in [-0.05, 0) is 116 Å². The number of fused-ring (bicyclic) bond motifs is 2. The van der Waals surface area contributed by atoms with Gasteiger partial charge < -0.3 is 28.4 Å². The number of nitrogens with zero attached hydrogens (tertiary/aromatic N) is 2. The van der Waals surface area contributed by atoms with Crippen LogP contribution in [-0.2, 0) is 30.5 Å². The summed E-state index contributed by atoms with van der Waals surface area (Å²) in [5.74, 6) is 4.13. The van der Waals surface area contributed by atoms with E-state index in [0.29, 0.717) is 47.3 Å². The van der Waals surface area contributed by atoms with Crippen LogP contribution in [0.3, 0.4) is 0 Å². The molecule has 4 heterocycles. The third-order valence-electron chi connectivity index (χ3n) is 10.3. The van der Waals surface area contributed by atoms with Crippen LogP contribution in [0.15, 0.2) is 60.7 Å². The summed E-state index contributed by atoms with van der Waals surface area (Å²) < 4.78 is 37.3. The Kier molecular flexibility index (Phi) is 9.62. The van der Waals surface area contributed by atoms with Crippen LogP contribution in [0.5, 0.6) is 46.0 Å². The quantitative estimate of drug-likeness (QED) is 0.150. The van der Waals surface area contributed by atoms with Crippen LogP contribution in [0.4, 0.5) is 0 Å². The first-order chi connectivity index (χ1) is 24.3. The van der Waals surface area contributed by atoms with E-state index in [-0.39, 0.29) is 30.2 Å². The molecule has 50 heavy (non-hydrogen) atoms. The van der Waals surface area contributed by atoms with Gasteiger partial charge in [0.15, 0.2) is 34.5 Å². The molecule has 6 bridgehead atoms. The van der Waals surface area contributed by atoms with E-state index in [0.717, 1.165) is 54.8 Å². The highest BCUT2D eigenvalue weighted by atomic mass is 16.6. The van der Waals surface area contributed by atoms with Gasteiger partial charge in [0, 0.05) is 37.2 Å². The van der Waals surface area contributed by atoms with Crippen molar-refractivity contribution in [1.82, 2.24) is 9.80 Å². The van der Waals surface area contributed by atoms with E-state index in [1.807, 2.05) is 31.2 Å². The van der Waals surface area contributed by atoms with Crippen molar-refractivity contribution in [3.63, 3.8) is 0 Å². The zero-order valence-electron chi connectivity index (χ0n) is 29.8. The van der Waals surface area contributed by atoms with E-state index in [4.69, 9.17) is 28.4 Å². The first kappa shape index (κ1) is 33.8. The minimum Gasteiger partial charge on any atom is -0.493 e. The van der Waals surface area contributed by atoms with Gasteiger partial charge in [0.05, 0.1) is 21.3 Å². The maximum atomic E-state index is 13.2. The summed E-state index contributed by atoms with van der Waals surface area (Å²) in [5.41, 5.74) is 6.72. The van der Waals surface area contributed by atoms with Gasteiger partial charge in [0.2, 0.25) is 5.75 Å². The second-order valence-electron chi connectivity index (χ2n) is 13.5. The molecule has 4 aliphatic heterocycles. The predicted octanol–water partition coefficient (Wildman–Crippen LogP) is 7.86. The van der Waals surface area contributed by atoms with Crippen molar-refractivity contribution in [1.29, 1.82) is 0 Å². The number of carbonyl (C=O) groups is 1. The van der Waals surface area contributed by atoms with Crippen molar-refractivity contribution in [2.45, 2.75) is 57.5 Å². The van der Waals surface area contributed by atoms with Gasteiger partial charge >= 0.3 is 5.97 Å². The Morgan fingerprint density at radius 1 is 0.740 bits per heavy atom. The molecule has 0 saturated heterocycles. The normalized spacial score (nSPS) is 18.5. The summed E-state index contributed by atoms with van der Waals surface area (Å²) in [6.07, 6.45) is 4.05. The lowest BCUT2D eigenvalue weighted by Crippen LogP contribution is -2.34. The molecule has 0 N–H and O–H groups in total. The zero-order chi connectivity index (χ0) is 34.9. The second-order valence-corrected chi connectivity index (χ2v) is 13.5. The van der Waals surface area contributed by atoms with Crippen LogP contribution >= 0.6 is 0 Å². The van der Waals surface area contributed by atoms with Crippen LogP contribution < -0.4 is 28.4 Å². The first-order valence-electron chi connectivity index (χ1n) is 17.5. The highest BCUT2D eigenvalue weighted by Gasteiger charge is 2.35. The second kappa shape index (κ2) is 14.2. The smallest absolute Gasteiger partial charge is 0.311 e. The molecule has 262 valence electrons. The average Bonchev–Trinajstić information content (AvgIpc) is 3.12. The van der Waals surface area contributed by atoms with Gasteiger partial charge in [-0.25, -0.2) is 0 Å². The van der Waals surface area contributed by atoms with Crippen LogP contribution in [0.1, 0.15) is 65.2 Å². The van der Waals surface area contributed by atoms with E-state index in [2.05, 4.69) is 60.3 Å². The van der Waals surface area contributed by atoms with Crippen LogP contribution in [-0.4, -0.2) is 64.3 Å². The molecule has 9 heteroatoms. The molecule has 0 amide bonds. The number of rotatable bonds is 6. The van der Waals surface area contributed by atoms with Crippen LogP contribution in [0, 0.1) is 0 Å². The molecule has 8 rings (SSSR count). The molecule has 0 saturated carbocycles. The average molecular weight is 679 g/mol. The van der Waals surface area contributed by atoms with Crippen LogP contribution in [0.2, 0.25) is 0 Å².